The molecule has 1 rings (SSSR count). The lowest BCUT2D eigenvalue weighted by Gasteiger charge is -2.06. The van der Waals surface area contributed by atoms with Crippen molar-refractivity contribution in [2.24, 2.45) is 0 Å². The monoisotopic (exact) mass is 337 g/mol. The van der Waals surface area contributed by atoms with Gasteiger partial charge in [-0.05, 0) is 41.9 Å². The fraction of sp³-hybridized carbons (Fsp3) is 0.600. The van der Waals surface area contributed by atoms with Gasteiger partial charge in [0.2, 0.25) is 0 Å². The zero-order valence-electron chi connectivity index (χ0n) is 9.25. The summed E-state index contributed by atoms with van der Waals surface area (Å²) < 4.78 is 5.57. The van der Waals surface area contributed by atoms with Crippen LogP contribution in [0.25, 0.3) is 0 Å². The summed E-state index contributed by atoms with van der Waals surface area (Å²) in [6, 6.07) is 0. The first-order valence-electron chi connectivity index (χ1n) is 5.21. The maximum Gasteiger partial charge on any atom is 0.266 e. The van der Waals surface area contributed by atoms with Crippen LogP contribution in [-0.4, -0.2) is 30.2 Å². The molecule has 0 aliphatic carbocycles. The molecule has 0 radical (unpaired) electrons. The van der Waals surface area contributed by atoms with Crippen LogP contribution in [0, 0.1) is 3.57 Å². The number of aromatic nitrogens is 2. The van der Waals surface area contributed by atoms with Crippen LogP contribution in [-0.2, 0) is 4.74 Å². The number of hydrogen-bond acceptors (Lipinski definition) is 4. The van der Waals surface area contributed by atoms with Crippen LogP contribution in [0.4, 0.5) is 5.82 Å². The number of nitrogens with one attached hydrogen (secondary N) is 2. The number of unbranched alkanes of at least 4 members (excludes halogenated alkanes) is 2. The lowest BCUT2D eigenvalue weighted by molar-refractivity contribution is 0.192. The fourth-order valence-corrected chi connectivity index (χ4v) is 1.75. The molecule has 0 saturated carbocycles. The Kier molecular flexibility index (Phi) is 6.39. The number of ether oxygens (including phenoxy) is 1. The molecule has 2 N–H and O–H groups in total. The first kappa shape index (κ1) is 13.4. The SMILES string of the molecule is COCCCCCNc1nc[nH]c(=O)c1I. The molecule has 6 heteroatoms. The Hall–Kier alpha value is -0.630. The maximum absolute atomic E-state index is 11.3. The summed E-state index contributed by atoms with van der Waals surface area (Å²) in [7, 11) is 1.71. The van der Waals surface area contributed by atoms with Crippen molar-refractivity contribution in [2.45, 2.75) is 19.3 Å². The van der Waals surface area contributed by atoms with Gasteiger partial charge >= 0.3 is 0 Å². The summed E-state index contributed by atoms with van der Waals surface area (Å²) >= 11 is 1.99. The molecule has 1 heterocycles. The van der Waals surface area contributed by atoms with E-state index in [4.69, 9.17) is 4.74 Å². The second-order valence-corrected chi connectivity index (χ2v) is 4.45. The number of rotatable bonds is 7. The van der Waals surface area contributed by atoms with Crippen LogP contribution in [0.1, 0.15) is 19.3 Å². The minimum atomic E-state index is -0.0996. The minimum absolute atomic E-state index is 0.0996. The molecule has 0 aromatic carbocycles. The van der Waals surface area contributed by atoms with Gasteiger partial charge in [-0.1, -0.05) is 0 Å². The van der Waals surface area contributed by atoms with E-state index < -0.39 is 0 Å². The number of nitrogens with zero attached hydrogens (tertiary/aromatic N) is 1. The van der Waals surface area contributed by atoms with E-state index in [9.17, 15) is 4.79 Å². The zero-order valence-corrected chi connectivity index (χ0v) is 11.4. The van der Waals surface area contributed by atoms with E-state index in [0.29, 0.717) is 9.39 Å². The van der Waals surface area contributed by atoms with Crippen LogP contribution >= 0.6 is 22.6 Å². The Morgan fingerprint density at radius 2 is 2.31 bits per heavy atom. The van der Waals surface area contributed by atoms with Gasteiger partial charge < -0.3 is 15.0 Å². The molecule has 1 aromatic heterocycles. The molecule has 0 saturated heterocycles. The third-order valence-electron chi connectivity index (χ3n) is 2.11. The summed E-state index contributed by atoms with van der Waals surface area (Å²) in [4.78, 5) is 17.9. The van der Waals surface area contributed by atoms with Crippen LogP contribution in [0.2, 0.25) is 0 Å². The molecule has 90 valence electrons. The van der Waals surface area contributed by atoms with Gasteiger partial charge in [-0.25, -0.2) is 4.98 Å². The summed E-state index contributed by atoms with van der Waals surface area (Å²) in [5.74, 6) is 0.663. The predicted octanol–water partition coefficient (Wildman–Crippen LogP) is 1.60. The number of anilines is 1. The van der Waals surface area contributed by atoms with E-state index in [2.05, 4.69) is 15.3 Å². The molecule has 0 bridgehead atoms. The molecule has 0 aliphatic rings. The van der Waals surface area contributed by atoms with Crippen LogP contribution in [0.5, 0.6) is 0 Å². The van der Waals surface area contributed by atoms with E-state index in [1.54, 1.807) is 7.11 Å². The van der Waals surface area contributed by atoms with Crippen LogP contribution in [0.3, 0.4) is 0 Å². The van der Waals surface area contributed by atoms with Gasteiger partial charge in [0.15, 0.2) is 0 Å². The van der Waals surface area contributed by atoms with Crippen molar-refractivity contribution in [3.05, 3.63) is 20.3 Å². The molecule has 0 aliphatic heterocycles. The normalized spacial score (nSPS) is 10.4. The first-order chi connectivity index (χ1) is 7.75. The molecular formula is C10H16IN3O2. The second-order valence-electron chi connectivity index (χ2n) is 3.37. The third kappa shape index (κ3) is 4.48. The number of halogens is 1. The zero-order chi connectivity index (χ0) is 11.8. The van der Waals surface area contributed by atoms with Crippen LogP contribution < -0.4 is 10.9 Å². The standard InChI is InChI=1S/C10H16IN3O2/c1-16-6-4-2-3-5-12-9-8(11)10(15)14-7-13-9/h7H,2-6H2,1H3,(H2,12,13,14,15). The third-order valence-corrected chi connectivity index (χ3v) is 3.12. The Bertz CT molecular complexity index is 367. The molecule has 0 fully saturated rings. The van der Waals surface area contributed by atoms with Gasteiger partial charge in [-0.15, -0.1) is 0 Å². The molecule has 1 aromatic rings. The van der Waals surface area contributed by atoms with E-state index in [1.165, 1.54) is 6.33 Å². The Morgan fingerprint density at radius 1 is 1.50 bits per heavy atom. The number of methoxy groups -OCH3 is 1. The van der Waals surface area contributed by atoms with E-state index in [1.807, 2.05) is 22.6 Å². The summed E-state index contributed by atoms with van der Waals surface area (Å²) in [6.45, 7) is 1.64. The van der Waals surface area contributed by atoms with E-state index in [-0.39, 0.29) is 5.56 Å². The van der Waals surface area contributed by atoms with Crippen molar-refractivity contribution in [3.63, 3.8) is 0 Å². The van der Waals surface area contributed by atoms with Gasteiger partial charge in [-0.3, -0.25) is 4.79 Å². The van der Waals surface area contributed by atoms with Crippen molar-refractivity contribution < 1.29 is 4.74 Å². The molecule has 16 heavy (non-hydrogen) atoms. The van der Waals surface area contributed by atoms with Gasteiger partial charge in [0, 0.05) is 20.3 Å². The Labute approximate surface area is 108 Å². The van der Waals surface area contributed by atoms with Crippen molar-refractivity contribution in [3.8, 4) is 0 Å². The van der Waals surface area contributed by atoms with Crippen molar-refractivity contribution in [1.29, 1.82) is 0 Å². The van der Waals surface area contributed by atoms with Crippen molar-refractivity contribution in [2.75, 3.05) is 25.6 Å². The molecule has 0 atom stereocenters. The first-order valence-corrected chi connectivity index (χ1v) is 6.29. The topological polar surface area (TPSA) is 67.0 Å². The van der Waals surface area contributed by atoms with Gasteiger partial charge in [0.1, 0.15) is 9.39 Å². The lowest BCUT2D eigenvalue weighted by atomic mass is 10.2. The molecule has 0 amide bonds. The smallest absolute Gasteiger partial charge is 0.266 e. The largest absolute Gasteiger partial charge is 0.385 e. The quantitative estimate of drug-likeness (QED) is 0.586. The van der Waals surface area contributed by atoms with Gasteiger partial charge in [-0.2, -0.15) is 0 Å². The highest BCUT2D eigenvalue weighted by Crippen LogP contribution is 2.08. The summed E-state index contributed by atoms with van der Waals surface area (Å²) in [6.07, 6.45) is 4.64. The number of aromatic amines is 1. The number of hydrogen-bond donors (Lipinski definition) is 2. The van der Waals surface area contributed by atoms with Gasteiger partial charge in [0.05, 0.1) is 6.33 Å². The lowest BCUT2D eigenvalue weighted by Crippen LogP contribution is -2.15. The van der Waals surface area contributed by atoms with E-state index >= 15 is 0 Å². The highest BCUT2D eigenvalue weighted by Gasteiger charge is 2.03. The molecule has 0 unspecified atom stereocenters. The summed E-state index contributed by atoms with van der Waals surface area (Å²) in [5.41, 5.74) is -0.0996. The average molecular weight is 337 g/mol. The Balaban J connectivity index is 2.27. The maximum atomic E-state index is 11.3. The second kappa shape index (κ2) is 7.61. The Morgan fingerprint density at radius 3 is 3.06 bits per heavy atom. The predicted molar refractivity (Wildman–Crippen MR) is 71.8 cm³/mol. The fourth-order valence-electron chi connectivity index (χ4n) is 1.26. The van der Waals surface area contributed by atoms with Gasteiger partial charge in [0.25, 0.3) is 5.56 Å². The van der Waals surface area contributed by atoms with Crippen molar-refractivity contribution in [1.82, 2.24) is 9.97 Å². The van der Waals surface area contributed by atoms with Crippen LogP contribution in [0.15, 0.2) is 11.1 Å². The summed E-state index contributed by atoms with van der Waals surface area (Å²) in [5, 5.41) is 3.15. The average Bonchev–Trinajstić information content (AvgIpc) is 2.29. The molecule has 5 nitrogen and oxygen atoms in total. The highest BCUT2D eigenvalue weighted by molar-refractivity contribution is 14.1. The number of H-pyrrole nitrogens is 1. The molecular weight excluding hydrogens is 321 g/mol. The van der Waals surface area contributed by atoms with E-state index in [0.717, 1.165) is 32.4 Å². The minimum Gasteiger partial charge on any atom is -0.385 e. The highest BCUT2D eigenvalue weighted by atomic mass is 127. The molecule has 0 spiro atoms. The van der Waals surface area contributed by atoms with Crippen molar-refractivity contribution >= 4 is 28.4 Å².